The molecule has 0 amide bonds. The summed E-state index contributed by atoms with van der Waals surface area (Å²) in [4.78, 5) is 0. The van der Waals surface area contributed by atoms with Gasteiger partial charge in [0.2, 0.25) is 0 Å². The molecule has 0 unspecified atom stereocenters. The SMILES string of the molecule is CC(C)(C)[S@@+]([O-])N=Cc1cscc1Br. The number of hydrogen-bond acceptors (Lipinski definition) is 3. The van der Waals surface area contributed by atoms with E-state index >= 15 is 0 Å². The van der Waals surface area contributed by atoms with Gasteiger partial charge in [-0.3, -0.25) is 0 Å². The summed E-state index contributed by atoms with van der Waals surface area (Å²) in [5.41, 5.74) is 0.979. The van der Waals surface area contributed by atoms with E-state index < -0.39 is 11.4 Å². The van der Waals surface area contributed by atoms with Gasteiger partial charge in [-0.2, -0.15) is 11.3 Å². The van der Waals surface area contributed by atoms with Gasteiger partial charge in [0.15, 0.2) is 0 Å². The smallest absolute Gasteiger partial charge is 0.144 e. The molecule has 0 radical (unpaired) electrons. The summed E-state index contributed by atoms with van der Waals surface area (Å²) in [6, 6.07) is 0. The number of thiophene rings is 1. The molecule has 14 heavy (non-hydrogen) atoms. The highest BCUT2D eigenvalue weighted by atomic mass is 79.9. The second-order valence-corrected chi connectivity index (χ2v) is 7.30. The molecule has 1 aromatic rings. The van der Waals surface area contributed by atoms with Gasteiger partial charge in [-0.25, -0.2) is 0 Å². The van der Waals surface area contributed by atoms with Gasteiger partial charge >= 0.3 is 0 Å². The number of nitrogens with zero attached hydrogens (tertiary/aromatic N) is 1. The van der Waals surface area contributed by atoms with Crippen LogP contribution < -0.4 is 0 Å². The van der Waals surface area contributed by atoms with Gasteiger partial charge in [0.05, 0.1) is 6.21 Å². The van der Waals surface area contributed by atoms with Crippen LogP contribution in [0, 0.1) is 0 Å². The standard InChI is InChI=1S/C9H12BrNOS2/c1-9(2,3)14(12)11-4-7-5-13-6-8(7)10/h4-6H,1-3H3/t14-/m1/s1. The van der Waals surface area contributed by atoms with Crippen molar-refractivity contribution in [3.05, 3.63) is 20.8 Å². The van der Waals surface area contributed by atoms with Crippen LogP contribution in [0.25, 0.3) is 0 Å². The number of rotatable bonds is 2. The molecule has 0 saturated carbocycles. The second kappa shape index (κ2) is 4.79. The molecular formula is C9H12BrNOS2. The molecule has 0 fully saturated rings. The summed E-state index contributed by atoms with van der Waals surface area (Å²) in [7, 11) is 0. The third-order valence-electron chi connectivity index (χ3n) is 1.45. The molecule has 1 heterocycles. The number of halogens is 1. The average molecular weight is 294 g/mol. The lowest BCUT2D eigenvalue weighted by Gasteiger charge is -2.17. The Bertz CT molecular complexity index is 330. The minimum Gasteiger partial charge on any atom is -0.591 e. The molecule has 0 N–H and O–H groups in total. The zero-order valence-corrected chi connectivity index (χ0v) is 11.5. The van der Waals surface area contributed by atoms with E-state index in [2.05, 4.69) is 20.3 Å². The number of hydrogen-bond donors (Lipinski definition) is 0. The first-order valence-electron chi connectivity index (χ1n) is 4.09. The molecule has 1 aromatic heterocycles. The van der Waals surface area contributed by atoms with Crippen LogP contribution in [0.3, 0.4) is 0 Å². The Morgan fingerprint density at radius 1 is 1.50 bits per heavy atom. The molecule has 0 aliphatic rings. The van der Waals surface area contributed by atoms with Gasteiger partial charge in [-0.15, -0.1) is 0 Å². The Morgan fingerprint density at radius 3 is 2.57 bits per heavy atom. The minimum absolute atomic E-state index is 0.293. The highest BCUT2D eigenvalue weighted by Gasteiger charge is 2.25. The molecule has 0 bridgehead atoms. The van der Waals surface area contributed by atoms with Crippen molar-refractivity contribution < 1.29 is 4.55 Å². The van der Waals surface area contributed by atoms with Crippen molar-refractivity contribution in [2.45, 2.75) is 25.5 Å². The summed E-state index contributed by atoms with van der Waals surface area (Å²) in [6.45, 7) is 5.72. The van der Waals surface area contributed by atoms with E-state index in [1.165, 1.54) is 0 Å². The summed E-state index contributed by atoms with van der Waals surface area (Å²) in [5.74, 6) is 0. The van der Waals surface area contributed by atoms with E-state index in [9.17, 15) is 4.55 Å². The maximum absolute atomic E-state index is 11.6. The van der Waals surface area contributed by atoms with Crippen molar-refractivity contribution in [1.29, 1.82) is 0 Å². The van der Waals surface area contributed by atoms with Crippen LogP contribution in [0.4, 0.5) is 0 Å². The van der Waals surface area contributed by atoms with E-state index in [1.807, 2.05) is 31.5 Å². The highest BCUT2D eigenvalue weighted by molar-refractivity contribution is 9.10. The summed E-state index contributed by atoms with van der Waals surface area (Å²) in [6.07, 6.45) is 1.65. The third kappa shape index (κ3) is 3.38. The first kappa shape index (κ1) is 12.2. The summed E-state index contributed by atoms with van der Waals surface area (Å²) >= 11 is 3.80. The van der Waals surface area contributed by atoms with Crippen LogP contribution in [0.5, 0.6) is 0 Å². The van der Waals surface area contributed by atoms with Crippen LogP contribution in [0.15, 0.2) is 19.6 Å². The Balaban J connectivity index is 2.70. The lowest BCUT2D eigenvalue weighted by Crippen LogP contribution is -2.25. The van der Waals surface area contributed by atoms with Crippen molar-refractivity contribution >= 4 is 44.8 Å². The zero-order valence-electron chi connectivity index (χ0n) is 8.28. The lowest BCUT2D eigenvalue weighted by atomic mass is 10.3. The average Bonchev–Trinajstić information content (AvgIpc) is 2.45. The van der Waals surface area contributed by atoms with E-state index in [-0.39, 0.29) is 4.75 Å². The lowest BCUT2D eigenvalue weighted by molar-refractivity contribution is 0.562. The van der Waals surface area contributed by atoms with Crippen molar-refractivity contribution in [1.82, 2.24) is 0 Å². The molecule has 0 aliphatic carbocycles. The monoisotopic (exact) mass is 293 g/mol. The molecule has 78 valence electrons. The van der Waals surface area contributed by atoms with Crippen molar-refractivity contribution in [2.24, 2.45) is 4.40 Å². The normalized spacial score (nSPS) is 14.9. The molecule has 2 nitrogen and oxygen atoms in total. The molecule has 0 aromatic carbocycles. The fourth-order valence-corrected chi connectivity index (χ4v) is 2.52. The van der Waals surface area contributed by atoms with Crippen LogP contribution in [-0.4, -0.2) is 15.5 Å². The Kier molecular flexibility index (Phi) is 4.18. The van der Waals surface area contributed by atoms with Gasteiger partial charge in [-0.05, 0) is 36.7 Å². The summed E-state index contributed by atoms with van der Waals surface area (Å²) in [5, 5.41) is 3.94. The van der Waals surface area contributed by atoms with Gasteiger partial charge < -0.3 is 4.55 Å². The molecule has 1 atom stereocenters. The fourth-order valence-electron chi connectivity index (χ4n) is 0.646. The zero-order chi connectivity index (χ0) is 10.8. The highest BCUT2D eigenvalue weighted by Crippen LogP contribution is 2.21. The van der Waals surface area contributed by atoms with E-state index in [0.29, 0.717) is 0 Å². The summed E-state index contributed by atoms with van der Waals surface area (Å²) < 4.78 is 16.3. The maximum Gasteiger partial charge on any atom is 0.144 e. The molecule has 5 heteroatoms. The molecular weight excluding hydrogens is 282 g/mol. The van der Waals surface area contributed by atoms with Crippen LogP contribution in [0.1, 0.15) is 26.3 Å². The third-order valence-corrected chi connectivity index (χ3v) is 4.55. The van der Waals surface area contributed by atoms with Crippen molar-refractivity contribution in [3.63, 3.8) is 0 Å². The first-order chi connectivity index (χ1) is 6.41. The van der Waals surface area contributed by atoms with Gasteiger partial charge in [0, 0.05) is 20.8 Å². The Hall–Kier alpha value is 0.160. The van der Waals surface area contributed by atoms with Crippen molar-refractivity contribution in [3.8, 4) is 0 Å². The van der Waals surface area contributed by atoms with E-state index in [1.54, 1.807) is 17.6 Å². The minimum atomic E-state index is -1.18. The molecule has 1 rings (SSSR count). The van der Waals surface area contributed by atoms with Gasteiger partial charge in [0.1, 0.15) is 16.1 Å². The van der Waals surface area contributed by atoms with Crippen LogP contribution in [0.2, 0.25) is 0 Å². The van der Waals surface area contributed by atoms with E-state index in [4.69, 9.17) is 0 Å². The van der Waals surface area contributed by atoms with Crippen LogP contribution in [-0.2, 0) is 11.4 Å². The predicted molar refractivity (Wildman–Crippen MR) is 67.5 cm³/mol. The predicted octanol–water partition coefficient (Wildman–Crippen LogP) is 3.39. The largest absolute Gasteiger partial charge is 0.591 e. The second-order valence-electron chi connectivity index (χ2n) is 3.77. The quantitative estimate of drug-likeness (QED) is 0.608. The van der Waals surface area contributed by atoms with Gasteiger partial charge in [0.25, 0.3) is 0 Å². The molecule has 0 spiro atoms. The Labute approximate surface area is 99.9 Å². The van der Waals surface area contributed by atoms with Gasteiger partial charge in [-0.1, -0.05) is 4.40 Å². The Morgan fingerprint density at radius 2 is 2.14 bits per heavy atom. The van der Waals surface area contributed by atoms with Crippen LogP contribution >= 0.6 is 27.3 Å². The van der Waals surface area contributed by atoms with E-state index in [0.717, 1.165) is 10.0 Å². The fraction of sp³-hybridized carbons (Fsp3) is 0.444. The molecule has 0 aliphatic heterocycles. The topological polar surface area (TPSA) is 35.4 Å². The van der Waals surface area contributed by atoms with Crippen molar-refractivity contribution in [2.75, 3.05) is 0 Å². The first-order valence-corrected chi connectivity index (χ1v) is 6.93. The molecule has 0 saturated heterocycles. The maximum atomic E-state index is 11.6.